The largest absolute Gasteiger partial charge is 0.381 e. The summed E-state index contributed by atoms with van der Waals surface area (Å²) < 4.78 is 36.7. The molecule has 0 aromatic carbocycles. The number of nitrogens with one attached hydrogen (secondary N) is 1. The van der Waals surface area contributed by atoms with Gasteiger partial charge in [-0.3, -0.25) is 0 Å². The summed E-state index contributed by atoms with van der Waals surface area (Å²) in [7, 11) is -3.53. The molecule has 0 unspecified atom stereocenters. The standard InChI is InChI=1S/C10H16N2O4S/c1-7-10(8(2)16-12-7)17(13,14)11-5-9-3-4-15-6-9/h9,11H,3-6H2,1-2H3/t9-/m1/s1. The minimum Gasteiger partial charge on any atom is -0.381 e. The number of hydrogen-bond acceptors (Lipinski definition) is 5. The number of aromatic nitrogens is 1. The number of rotatable bonds is 4. The number of aryl methyl sites for hydroxylation is 2. The van der Waals surface area contributed by atoms with E-state index in [9.17, 15) is 8.42 Å². The molecule has 2 rings (SSSR count). The maximum Gasteiger partial charge on any atom is 0.245 e. The lowest BCUT2D eigenvalue weighted by molar-refractivity contribution is 0.186. The third kappa shape index (κ3) is 2.67. The Morgan fingerprint density at radius 2 is 2.24 bits per heavy atom. The van der Waals surface area contributed by atoms with E-state index in [4.69, 9.17) is 9.26 Å². The van der Waals surface area contributed by atoms with Gasteiger partial charge < -0.3 is 9.26 Å². The van der Waals surface area contributed by atoms with Crippen molar-refractivity contribution in [3.05, 3.63) is 11.5 Å². The smallest absolute Gasteiger partial charge is 0.245 e. The van der Waals surface area contributed by atoms with Crippen LogP contribution < -0.4 is 4.72 Å². The van der Waals surface area contributed by atoms with Crippen LogP contribution in [0.3, 0.4) is 0 Å². The van der Waals surface area contributed by atoms with Gasteiger partial charge in [0.1, 0.15) is 10.6 Å². The Labute approximate surface area is 100 Å². The SMILES string of the molecule is Cc1noc(C)c1S(=O)(=O)NC[C@H]1CCOC1. The van der Waals surface area contributed by atoms with E-state index in [0.29, 0.717) is 31.2 Å². The molecule has 1 saturated heterocycles. The molecule has 7 heteroatoms. The van der Waals surface area contributed by atoms with Crippen LogP contribution in [0.5, 0.6) is 0 Å². The normalized spacial score (nSPS) is 20.9. The van der Waals surface area contributed by atoms with Gasteiger partial charge in [-0.1, -0.05) is 5.16 Å². The van der Waals surface area contributed by atoms with Crippen molar-refractivity contribution >= 4 is 10.0 Å². The molecular weight excluding hydrogens is 244 g/mol. The molecule has 0 aliphatic carbocycles. The molecule has 0 spiro atoms. The maximum atomic E-state index is 12.0. The van der Waals surface area contributed by atoms with Crippen molar-refractivity contribution in [2.75, 3.05) is 19.8 Å². The number of sulfonamides is 1. The quantitative estimate of drug-likeness (QED) is 0.857. The van der Waals surface area contributed by atoms with Crippen LogP contribution in [0, 0.1) is 19.8 Å². The van der Waals surface area contributed by atoms with Gasteiger partial charge in [-0.05, 0) is 26.2 Å². The maximum absolute atomic E-state index is 12.0. The highest BCUT2D eigenvalue weighted by Gasteiger charge is 2.25. The molecule has 17 heavy (non-hydrogen) atoms. The molecule has 1 N–H and O–H groups in total. The van der Waals surface area contributed by atoms with Crippen LogP contribution >= 0.6 is 0 Å². The molecule has 2 heterocycles. The first kappa shape index (κ1) is 12.5. The van der Waals surface area contributed by atoms with Crippen molar-refractivity contribution in [2.24, 2.45) is 5.92 Å². The van der Waals surface area contributed by atoms with Crippen molar-refractivity contribution in [3.63, 3.8) is 0 Å². The fourth-order valence-electron chi connectivity index (χ4n) is 1.90. The van der Waals surface area contributed by atoms with Gasteiger partial charge in [0.25, 0.3) is 0 Å². The van der Waals surface area contributed by atoms with Gasteiger partial charge >= 0.3 is 0 Å². The van der Waals surface area contributed by atoms with E-state index in [0.717, 1.165) is 6.42 Å². The molecule has 1 aliphatic rings. The van der Waals surface area contributed by atoms with Crippen molar-refractivity contribution in [2.45, 2.75) is 25.2 Å². The average molecular weight is 260 g/mol. The summed E-state index contributed by atoms with van der Waals surface area (Å²) in [6.07, 6.45) is 0.893. The lowest BCUT2D eigenvalue weighted by Crippen LogP contribution is -2.30. The number of ether oxygens (including phenoxy) is 1. The van der Waals surface area contributed by atoms with Crippen LogP contribution in [0.15, 0.2) is 9.42 Å². The molecule has 0 saturated carbocycles. The van der Waals surface area contributed by atoms with Crippen molar-refractivity contribution < 1.29 is 17.7 Å². The summed E-state index contributed by atoms with van der Waals surface area (Å²) in [4.78, 5) is 0.149. The summed E-state index contributed by atoms with van der Waals surface area (Å²) in [5.74, 6) is 0.572. The molecule has 1 atom stereocenters. The van der Waals surface area contributed by atoms with Gasteiger partial charge in [-0.15, -0.1) is 0 Å². The van der Waals surface area contributed by atoms with Crippen LogP contribution in [-0.4, -0.2) is 33.3 Å². The van der Waals surface area contributed by atoms with E-state index in [1.807, 2.05) is 0 Å². The van der Waals surface area contributed by atoms with Crippen LogP contribution in [0.1, 0.15) is 17.9 Å². The zero-order valence-corrected chi connectivity index (χ0v) is 10.7. The zero-order valence-electron chi connectivity index (χ0n) is 9.89. The van der Waals surface area contributed by atoms with Crippen LogP contribution in [0.25, 0.3) is 0 Å². The molecule has 1 aromatic rings. The third-order valence-corrected chi connectivity index (χ3v) is 4.49. The molecule has 96 valence electrons. The molecule has 1 aromatic heterocycles. The first-order chi connectivity index (χ1) is 8.00. The number of hydrogen-bond donors (Lipinski definition) is 1. The second kappa shape index (κ2) is 4.75. The highest BCUT2D eigenvalue weighted by atomic mass is 32.2. The van der Waals surface area contributed by atoms with Gasteiger partial charge in [-0.25, -0.2) is 13.1 Å². The van der Waals surface area contributed by atoms with Crippen molar-refractivity contribution in [1.29, 1.82) is 0 Å². The third-order valence-electron chi connectivity index (χ3n) is 2.82. The predicted molar refractivity (Wildman–Crippen MR) is 60.1 cm³/mol. The molecule has 0 bridgehead atoms. The van der Waals surface area contributed by atoms with Crippen LogP contribution in [-0.2, 0) is 14.8 Å². The zero-order chi connectivity index (χ0) is 12.5. The second-order valence-corrected chi connectivity index (χ2v) is 5.94. The summed E-state index contributed by atoms with van der Waals surface area (Å²) in [6, 6.07) is 0. The molecule has 6 nitrogen and oxygen atoms in total. The Morgan fingerprint density at radius 1 is 1.47 bits per heavy atom. The highest BCUT2D eigenvalue weighted by Crippen LogP contribution is 2.19. The van der Waals surface area contributed by atoms with Crippen LogP contribution in [0.4, 0.5) is 0 Å². The monoisotopic (exact) mass is 260 g/mol. The highest BCUT2D eigenvalue weighted by molar-refractivity contribution is 7.89. The van der Waals surface area contributed by atoms with E-state index >= 15 is 0 Å². The Morgan fingerprint density at radius 3 is 2.76 bits per heavy atom. The average Bonchev–Trinajstić information content (AvgIpc) is 2.86. The van der Waals surface area contributed by atoms with E-state index < -0.39 is 10.0 Å². The van der Waals surface area contributed by atoms with Gasteiger partial charge in [0.15, 0.2) is 5.76 Å². The van der Waals surface area contributed by atoms with E-state index in [2.05, 4.69) is 9.88 Å². The first-order valence-electron chi connectivity index (χ1n) is 5.51. The van der Waals surface area contributed by atoms with E-state index in [1.54, 1.807) is 13.8 Å². The Bertz CT molecular complexity index is 469. The van der Waals surface area contributed by atoms with Gasteiger partial charge in [0, 0.05) is 13.2 Å². The summed E-state index contributed by atoms with van der Waals surface area (Å²) in [5.41, 5.74) is 0.387. The minimum atomic E-state index is -3.53. The Hall–Kier alpha value is -0.920. The van der Waals surface area contributed by atoms with Gasteiger partial charge in [0.05, 0.1) is 6.61 Å². The Balaban J connectivity index is 2.08. The molecular formula is C10H16N2O4S. The second-order valence-electron chi connectivity index (χ2n) is 4.23. The molecule has 0 radical (unpaired) electrons. The lowest BCUT2D eigenvalue weighted by atomic mass is 10.1. The van der Waals surface area contributed by atoms with Gasteiger partial charge in [-0.2, -0.15) is 0 Å². The predicted octanol–water partition coefficient (Wildman–Crippen LogP) is 0.606. The lowest BCUT2D eigenvalue weighted by Gasteiger charge is -2.09. The minimum absolute atomic E-state index is 0.149. The van der Waals surface area contributed by atoms with Crippen molar-refractivity contribution in [1.82, 2.24) is 9.88 Å². The number of nitrogens with zero attached hydrogens (tertiary/aromatic N) is 1. The fourth-order valence-corrected chi connectivity index (χ4v) is 3.34. The molecule has 1 aliphatic heterocycles. The topological polar surface area (TPSA) is 81.4 Å². The summed E-state index contributed by atoms with van der Waals surface area (Å²) in [5, 5.41) is 3.64. The molecule has 1 fully saturated rings. The van der Waals surface area contributed by atoms with E-state index in [1.165, 1.54) is 0 Å². The van der Waals surface area contributed by atoms with Crippen LogP contribution in [0.2, 0.25) is 0 Å². The Kier molecular flexibility index (Phi) is 3.50. The first-order valence-corrected chi connectivity index (χ1v) is 6.99. The summed E-state index contributed by atoms with van der Waals surface area (Å²) >= 11 is 0. The van der Waals surface area contributed by atoms with E-state index in [-0.39, 0.29) is 10.8 Å². The summed E-state index contributed by atoms with van der Waals surface area (Å²) in [6.45, 7) is 4.92. The van der Waals surface area contributed by atoms with Crippen molar-refractivity contribution in [3.8, 4) is 0 Å². The molecule has 0 amide bonds. The fraction of sp³-hybridized carbons (Fsp3) is 0.700. The van der Waals surface area contributed by atoms with Gasteiger partial charge in [0.2, 0.25) is 10.0 Å².